The fourth-order valence-corrected chi connectivity index (χ4v) is 7.66. The van der Waals surface area contributed by atoms with Crippen molar-refractivity contribution in [2.75, 3.05) is 12.4 Å². The summed E-state index contributed by atoms with van der Waals surface area (Å²) in [5.74, 6) is 2.39. The number of phenolic OH excluding ortho intramolecular Hbond substituents is 1. The number of para-hydroxylation sites is 1. The molecule has 2 saturated carbocycles. The number of aliphatic hydroxyl groups excluding tert-OH is 1. The number of ether oxygens (including phenoxy) is 2. The maximum atomic E-state index is 12.4. The van der Waals surface area contributed by atoms with Gasteiger partial charge in [0.15, 0.2) is 0 Å². The Hall–Kier alpha value is -3.51. The van der Waals surface area contributed by atoms with Gasteiger partial charge in [0.1, 0.15) is 22.8 Å². The molecule has 0 bridgehead atoms. The van der Waals surface area contributed by atoms with Crippen LogP contribution in [0.4, 0.5) is 5.69 Å². The van der Waals surface area contributed by atoms with Crippen LogP contribution in [-0.4, -0.2) is 29.4 Å². The van der Waals surface area contributed by atoms with Gasteiger partial charge in [0, 0.05) is 6.54 Å². The highest BCUT2D eigenvalue weighted by Gasteiger charge is 2.54. The Labute approximate surface area is 230 Å². The highest BCUT2D eigenvalue weighted by molar-refractivity contribution is 5.93. The van der Waals surface area contributed by atoms with Gasteiger partial charge in [-0.3, -0.25) is 0 Å². The first kappa shape index (κ1) is 25.8. The van der Waals surface area contributed by atoms with Gasteiger partial charge >= 0.3 is 5.97 Å². The highest BCUT2D eigenvalue weighted by Crippen LogP contribution is 2.61. The van der Waals surface area contributed by atoms with Crippen LogP contribution in [0.3, 0.4) is 0 Å². The minimum absolute atomic E-state index is 0.0776. The van der Waals surface area contributed by atoms with Crippen LogP contribution in [0.5, 0.6) is 17.2 Å². The number of nitrogens with one attached hydrogen (secondary N) is 1. The van der Waals surface area contributed by atoms with Gasteiger partial charge in [0.25, 0.3) is 0 Å². The van der Waals surface area contributed by atoms with Crippen LogP contribution < -0.4 is 14.8 Å². The molecule has 2 fully saturated rings. The van der Waals surface area contributed by atoms with Gasteiger partial charge < -0.3 is 25.0 Å². The predicted octanol–water partition coefficient (Wildman–Crippen LogP) is 6.45. The van der Waals surface area contributed by atoms with E-state index in [0.717, 1.165) is 55.5 Å². The second kappa shape index (κ2) is 10.2. The molecule has 0 heterocycles. The molecule has 39 heavy (non-hydrogen) atoms. The van der Waals surface area contributed by atoms with Gasteiger partial charge in [-0.1, -0.05) is 37.3 Å². The molecular weight excluding hydrogens is 490 g/mol. The normalized spacial score (nSPS) is 27.2. The maximum Gasteiger partial charge on any atom is 0.347 e. The molecule has 0 unspecified atom stereocenters. The number of hydrogen-bond donors (Lipinski definition) is 3. The molecule has 3 aromatic carbocycles. The Morgan fingerprint density at radius 3 is 2.59 bits per heavy atom. The third-order valence-corrected chi connectivity index (χ3v) is 9.77. The lowest BCUT2D eigenvalue weighted by molar-refractivity contribution is -0.0225. The number of anilines is 1. The topological polar surface area (TPSA) is 88.0 Å². The standard InChI is InChI=1S/C33H37NO5/c1-33-18-17-23-22-13-15-29(38-2)31(25(22)12-11-24(23)27(33)14-16-30(33)36)34-19-20-7-9-21(10-8-20)39-32(37)26-5-3-4-6-28(26)35/h3-10,13,15,23-24,27,30,34-36H,11-12,14,16-19H2,1-2H3/t23-,24-,27+,30+,33+/m1/s1. The zero-order chi connectivity index (χ0) is 27.1. The molecule has 3 N–H and O–H groups in total. The molecule has 0 saturated heterocycles. The zero-order valence-corrected chi connectivity index (χ0v) is 22.7. The molecule has 6 nitrogen and oxygen atoms in total. The van der Waals surface area contributed by atoms with Crippen molar-refractivity contribution in [3.05, 3.63) is 82.9 Å². The van der Waals surface area contributed by atoms with Gasteiger partial charge in [-0.25, -0.2) is 4.79 Å². The molecule has 6 rings (SSSR count). The molecule has 0 radical (unpaired) electrons. The molecule has 0 aliphatic heterocycles. The summed E-state index contributed by atoms with van der Waals surface area (Å²) in [7, 11) is 1.72. The Morgan fingerprint density at radius 2 is 1.82 bits per heavy atom. The van der Waals surface area contributed by atoms with E-state index >= 15 is 0 Å². The van der Waals surface area contributed by atoms with E-state index in [1.165, 1.54) is 23.3 Å². The van der Waals surface area contributed by atoms with Crippen LogP contribution >= 0.6 is 0 Å². The first-order chi connectivity index (χ1) is 18.9. The first-order valence-corrected chi connectivity index (χ1v) is 14.1. The van der Waals surface area contributed by atoms with Crippen LogP contribution in [0.15, 0.2) is 60.7 Å². The van der Waals surface area contributed by atoms with E-state index < -0.39 is 5.97 Å². The van der Waals surface area contributed by atoms with Crippen molar-refractivity contribution in [2.45, 2.75) is 64.0 Å². The molecule has 0 spiro atoms. The van der Waals surface area contributed by atoms with Crippen molar-refractivity contribution in [1.82, 2.24) is 0 Å². The average molecular weight is 528 g/mol. The number of carbonyl (C=O) groups is 1. The molecule has 0 amide bonds. The molecule has 3 aromatic rings. The Balaban J connectivity index is 1.17. The number of methoxy groups -OCH3 is 1. The third-order valence-electron chi connectivity index (χ3n) is 9.77. The van der Waals surface area contributed by atoms with Crippen molar-refractivity contribution >= 4 is 11.7 Å². The Morgan fingerprint density at radius 1 is 1.03 bits per heavy atom. The lowest BCUT2D eigenvalue weighted by Gasteiger charge is -2.50. The van der Waals surface area contributed by atoms with E-state index in [9.17, 15) is 15.0 Å². The fraction of sp³-hybridized carbons (Fsp3) is 0.424. The monoisotopic (exact) mass is 527 g/mol. The number of fused-ring (bicyclic) bond motifs is 5. The zero-order valence-electron chi connectivity index (χ0n) is 22.7. The van der Waals surface area contributed by atoms with Gasteiger partial charge in [-0.05, 0) is 109 Å². The molecule has 3 aliphatic carbocycles. The lowest BCUT2D eigenvalue weighted by atomic mass is 9.55. The third kappa shape index (κ3) is 4.55. The molecule has 3 aliphatic rings. The van der Waals surface area contributed by atoms with E-state index in [2.05, 4.69) is 24.4 Å². The molecule has 204 valence electrons. The fourth-order valence-electron chi connectivity index (χ4n) is 7.66. The number of aromatic hydroxyl groups is 1. The van der Waals surface area contributed by atoms with E-state index in [1.54, 1.807) is 31.4 Å². The summed E-state index contributed by atoms with van der Waals surface area (Å²) in [6.45, 7) is 2.93. The summed E-state index contributed by atoms with van der Waals surface area (Å²) in [4.78, 5) is 12.4. The van der Waals surface area contributed by atoms with Crippen LogP contribution in [0, 0.1) is 17.3 Å². The summed E-state index contributed by atoms with van der Waals surface area (Å²) >= 11 is 0. The Bertz CT molecular complexity index is 1370. The summed E-state index contributed by atoms with van der Waals surface area (Å²) in [6.07, 6.45) is 6.33. The second-order valence-electron chi connectivity index (χ2n) is 11.7. The van der Waals surface area contributed by atoms with Crippen molar-refractivity contribution in [3.8, 4) is 17.2 Å². The SMILES string of the molecule is COc1ccc2c(c1NCc1ccc(OC(=O)c3ccccc3O)cc1)CC[C@@H]1[C@@H]2CC[C@]2(C)[C@@H](O)CC[C@@H]12. The van der Waals surface area contributed by atoms with Gasteiger partial charge in [-0.15, -0.1) is 0 Å². The van der Waals surface area contributed by atoms with E-state index in [-0.39, 0.29) is 22.8 Å². The second-order valence-corrected chi connectivity index (χ2v) is 11.7. The summed E-state index contributed by atoms with van der Waals surface area (Å²) in [6, 6.07) is 18.1. The summed E-state index contributed by atoms with van der Waals surface area (Å²) < 4.78 is 11.2. The minimum Gasteiger partial charge on any atom is -0.507 e. The van der Waals surface area contributed by atoms with Crippen LogP contribution in [0.25, 0.3) is 0 Å². The highest BCUT2D eigenvalue weighted by atomic mass is 16.5. The van der Waals surface area contributed by atoms with Crippen molar-refractivity contribution < 1.29 is 24.5 Å². The molecular formula is C33H37NO5. The van der Waals surface area contributed by atoms with Crippen molar-refractivity contribution in [2.24, 2.45) is 17.3 Å². The van der Waals surface area contributed by atoms with Crippen LogP contribution in [-0.2, 0) is 13.0 Å². The van der Waals surface area contributed by atoms with Crippen LogP contribution in [0.1, 0.15) is 72.0 Å². The summed E-state index contributed by atoms with van der Waals surface area (Å²) in [5.41, 5.74) is 5.16. The quantitative estimate of drug-likeness (QED) is 0.252. The number of carbonyl (C=O) groups excluding carboxylic acids is 1. The van der Waals surface area contributed by atoms with Gasteiger partial charge in [0.2, 0.25) is 0 Å². The number of rotatable bonds is 6. The van der Waals surface area contributed by atoms with E-state index in [0.29, 0.717) is 30.0 Å². The average Bonchev–Trinajstić information content (AvgIpc) is 3.26. The number of hydrogen-bond acceptors (Lipinski definition) is 6. The molecule has 0 aromatic heterocycles. The number of benzene rings is 3. The Kier molecular flexibility index (Phi) is 6.76. The lowest BCUT2D eigenvalue weighted by Crippen LogP contribution is -2.44. The van der Waals surface area contributed by atoms with E-state index in [1.807, 2.05) is 12.1 Å². The number of esters is 1. The largest absolute Gasteiger partial charge is 0.507 e. The van der Waals surface area contributed by atoms with Gasteiger partial charge in [-0.2, -0.15) is 0 Å². The first-order valence-electron chi connectivity index (χ1n) is 14.1. The minimum atomic E-state index is -0.590. The van der Waals surface area contributed by atoms with Crippen molar-refractivity contribution in [1.29, 1.82) is 0 Å². The predicted molar refractivity (Wildman–Crippen MR) is 150 cm³/mol. The molecule has 5 atom stereocenters. The smallest absolute Gasteiger partial charge is 0.347 e. The number of aliphatic hydroxyl groups is 1. The van der Waals surface area contributed by atoms with E-state index in [4.69, 9.17) is 9.47 Å². The van der Waals surface area contributed by atoms with Gasteiger partial charge in [0.05, 0.1) is 18.9 Å². The maximum absolute atomic E-state index is 12.4. The molecule has 6 heteroatoms. The number of phenols is 1. The van der Waals surface area contributed by atoms with Crippen molar-refractivity contribution in [3.63, 3.8) is 0 Å². The van der Waals surface area contributed by atoms with Crippen LogP contribution in [0.2, 0.25) is 0 Å². The summed E-state index contributed by atoms with van der Waals surface area (Å²) in [5, 5.41) is 24.3.